The minimum Gasteiger partial charge on any atom is -0.444 e. The van der Waals surface area contributed by atoms with Crippen molar-refractivity contribution in [3.05, 3.63) is 0 Å². The Morgan fingerprint density at radius 2 is 2.18 bits per heavy atom. The summed E-state index contributed by atoms with van der Waals surface area (Å²) in [5.74, 6) is 0. The average molecular weight is 247 g/mol. The van der Waals surface area contributed by atoms with E-state index in [-0.39, 0.29) is 12.6 Å². The molecule has 1 heterocycles. The van der Waals surface area contributed by atoms with Crippen LogP contribution in [0, 0.1) is 0 Å². The fourth-order valence-corrected chi connectivity index (χ4v) is 1.81. The van der Waals surface area contributed by atoms with Gasteiger partial charge in [-0.1, -0.05) is 0 Å². The monoisotopic (exact) mass is 247 g/mol. The van der Waals surface area contributed by atoms with Crippen molar-refractivity contribution in [1.29, 1.82) is 0 Å². The summed E-state index contributed by atoms with van der Waals surface area (Å²) >= 11 is 0. The summed E-state index contributed by atoms with van der Waals surface area (Å²) in [5.41, 5.74) is -0.672. The molecule has 1 saturated heterocycles. The third-order valence-electron chi connectivity index (χ3n) is 2.44. The Morgan fingerprint density at radius 3 is 2.65 bits per heavy atom. The Bertz CT molecular complexity index is 338. The van der Waals surface area contributed by atoms with Gasteiger partial charge in [0.15, 0.2) is 0 Å². The van der Waals surface area contributed by atoms with Crippen LogP contribution in [0.25, 0.3) is 0 Å². The highest BCUT2D eigenvalue weighted by molar-refractivity contribution is 5.68. The van der Waals surface area contributed by atoms with Gasteiger partial charge in [-0.15, -0.1) is 0 Å². The maximum atomic E-state index is 12.1. The van der Waals surface area contributed by atoms with Crippen molar-refractivity contribution in [2.24, 2.45) is 0 Å². The van der Waals surface area contributed by atoms with Crippen LogP contribution in [0.2, 0.25) is 0 Å². The summed E-state index contributed by atoms with van der Waals surface area (Å²) < 4.78 is 25.7. The van der Waals surface area contributed by atoms with E-state index in [1.165, 1.54) is 4.90 Å². The number of amides is 1. The molecule has 1 N–H and O–H groups in total. The van der Waals surface area contributed by atoms with Crippen molar-refractivity contribution in [3.8, 4) is 0 Å². The van der Waals surface area contributed by atoms with E-state index in [9.17, 15) is 9.90 Å². The van der Waals surface area contributed by atoms with Gasteiger partial charge in [0.2, 0.25) is 0 Å². The third-order valence-corrected chi connectivity index (χ3v) is 2.44. The summed E-state index contributed by atoms with van der Waals surface area (Å²) in [4.78, 5) is 13.3. The second-order valence-electron chi connectivity index (χ2n) is 5.36. The molecule has 0 saturated carbocycles. The highest BCUT2D eigenvalue weighted by Crippen LogP contribution is 2.20. The highest BCUT2D eigenvalue weighted by Gasteiger charge is 2.37. The SMILES string of the molecule is [2H]C([2H])(O)[C@@H]1[C@H](C)O[C@H](C)CN1C(=O)OC(C)(C)C. The first kappa shape index (κ1) is 11.3. The zero-order chi connectivity index (χ0) is 15.0. The highest BCUT2D eigenvalue weighted by atomic mass is 16.6. The number of rotatable bonds is 1. The number of carbonyl (C=O) groups excluding carboxylic acids is 1. The lowest BCUT2D eigenvalue weighted by molar-refractivity contribution is -0.114. The molecule has 0 aromatic carbocycles. The Morgan fingerprint density at radius 1 is 1.59 bits per heavy atom. The van der Waals surface area contributed by atoms with Gasteiger partial charge in [0.1, 0.15) is 5.60 Å². The van der Waals surface area contributed by atoms with E-state index in [1.807, 2.05) is 0 Å². The van der Waals surface area contributed by atoms with E-state index in [1.54, 1.807) is 34.6 Å². The van der Waals surface area contributed by atoms with Gasteiger partial charge in [0.25, 0.3) is 0 Å². The van der Waals surface area contributed by atoms with Crippen LogP contribution in [0.5, 0.6) is 0 Å². The molecule has 0 aliphatic carbocycles. The lowest BCUT2D eigenvalue weighted by atomic mass is 10.1. The molecule has 3 atom stereocenters. The molecule has 1 amide bonds. The summed E-state index contributed by atoms with van der Waals surface area (Å²) in [6.07, 6.45) is -1.49. The maximum Gasteiger partial charge on any atom is 0.410 e. The van der Waals surface area contributed by atoms with Crippen molar-refractivity contribution in [2.45, 2.75) is 58.5 Å². The topological polar surface area (TPSA) is 59.0 Å². The van der Waals surface area contributed by atoms with Crippen LogP contribution in [0.3, 0.4) is 0 Å². The Labute approximate surface area is 106 Å². The van der Waals surface area contributed by atoms with Crippen molar-refractivity contribution in [2.75, 3.05) is 13.1 Å². The maximum absolute atomic E-state index is 12.1. The first-order valence-electron chi connectivity index (χ1n) is 6.79. The summed E-state index contributed by atoms with van der Waals surface area (Å²) in [7, 11) is 0. The summed E-state index contributed by atoms with van der Waals surface area (Å²) in [6, 6.07) is -1.08. The van der Waals surface area contributed by atoms with Crippen molar-refractivity contribution in [1.82, 2.24) is 4.90 Å². The number of carbonyl (C=O) groups is 1. The zero-order valence-corrected chi connectivity index (χ0v) is 11.1. The molecular formula is C12H23NO4. The number of nitrogens with zero attached hydrogens (tertiary/aromatic N) is 1. The van der Waals surface area contributed by atoms with E-state index < -0.39 is 30.4 Å². The Balaban J connectivity index is 2.95. The van der Waals surface area contributed by atoms with Gasteiger partial charge in [0, 0.05) is 0 Å². The molecule has 0 aromatic rings. The molecule has 0 radical (unpaired) electrons. The first-order valence-corrected chi connectivity index (χ1v) is 5.79. The minimum atomic E-state index is -2.55. The van der Waals surface area contributed by atoms with Gasteiger partial charge in [-0.05, 0) is 34.6 Å². The third kappa shape index (κ3) is 3.85. The summed E-state index contributed by atoms with van der Waals surface area (Å²) in [6.45, 7) is 6.27. The van der Waals surface area contributed by atoms with E-state index in [0.29, 0.717) is 0 Å². The Hall–Kier alpha value is -0.810. The van der Waals surface area contributed by atoms with E-state index in [2.05, 4.69) is 0 Å². The second-order valence-corrected chi connectivity index (χ2v) is 5.36. The molecule has 5 heteroatoms. The van der Waals surface area contributed by atoms with E-state index >= 15 is 0 Å². The fourth-order valence-electron chi connectivity index (χ4n) is 1.81. The average Bonchev–Trinajstić information content (AvgIpc) is 2.10. The number of aliphatic hydroxyl groups is 1. The molecule has 1 aliphatic heterocycles. The molecule has 100 valence electrons. The zero-order valence-electron chi connectivity index (χ0n) is 13.1. The fraction of sp³-hybridized carbons (Fsp3) is 0.917. The number of hydrogen-bond donors (Lipinski definition) is 1. The molecular weight excluding hydrogens is 222 g/mol. The molecule has 17 heavy (non-hydrogen) atoms. The molecule has 1 fully saturated rings. The van der Waals surface area contributed by atoms with Gasteiger partial charge in [-0.2, -0.15) is 0 Å². The predicted octanol–water partition coefficient (Wildman–Crippen LogP) is 1.39. The van der Waals surface area contributed by atoms with Crippen molar-refractivity contribution < 1.29 is 22.1 Å². The smallest absolute Gasteiger partial charge is 0.410 e. The first-order chi connectivity index (χ1) is 8.42. The van der Waals surface area contributed by atoms with Crippen LogP contribution >= 0.6 is 0 Å². The van der Waals surface area contributed by atoms with Gasteiger partial charge < -0.3 is 14.6 Å². The van der Waals surface area contributed by atoms with E-state index in [4.69, 9.17) is 12.2 Å². The molecule has 0 bridgehead atoms. The molecule has 1 aliphatic rings. The molecule has 5 nitrogen and oxygen atoms in total. The lowest BCUT2D eigenvalue weighted by Gasteiger charge is -2.42. The normalized spacial score (nSPS) is 32.8. The molecule has 0 spiro atoms. The van der Waals surface area contributed by atoms with E-state index in [0.717, 1.165) is 0 Å². The van der Waals surface area contributed by atoms with Crippen LogP contribution in [-0.2, 0) is 9.47 Å². The second kappa shape index (κ2) is 5.23. The molecule has 0 unspecified atom stereocenters. The van der Waals surface area contributed by atoms with Crippen LogP contribution in [0.15, 0.2) is 0 Å². The Kier molecular flexibility index (Phi) is 3.47. The van der Waals surface area contributed by atoms with Gasteiger partial charge >= 0.3 is 6.09 Å². The number of hydrogen-bond acceptors (Lipinski definition) is 4. The quantitative estimate of drug-likeness (QED) is 0.760. The molecule has 1 rings (SSSR count). The largest absolute Gasteiger partial charge is 0.444 e. The van der Waals surface area contributed by atoms with Crippen LogP contribution < -0.4 is 0 Å². The lowest BCUT2D eigenvalue weighted by Crippen LogP contribution is -2.57. The standard InChI is InChI=1S/C12H23NO4/c1-8-6-13(10(7-14)9(2)16-8)11(15)17-12(3,4)5/h8-10,14H,6-7H2,1-5H3/t8-,9+,10-/m1/s1/i7D2. The van der Waals surface area contributed by atoms with Gasteiger partial charge in [-0.25, -0.2) is 4.79 Å². The van der Waals surface area contributed by atoms with Gasteiger partial charge in [0.05, 0.1) is 34.1 Å². The van der Waals surface area contributed by atoms with Crippen molar-refractivity contribution in [3.63, 3.8) is 0 Å². The molecule has 0 aromatic heterocycles. The van der Waals surface area contributed by atoms with Crippen LogP contribution in [-0.4, -0.2) is 53.1 Å². The summed E-state index contributed by atoms with van der Waals surface area (Å²) in [5, 5.41) is 9.62. The van der Waals surface area contributed by atoms with Crippen LogP contribution in [0.4, 0.5) is 4.79 Å². The number of morpholine rings is 1. The number of ether oxygens (including phenoxy) is 2. The van der Waals surface area contributed by atoms with Gasteiger partial charge in [-0.3, -0.25) is 4.90 Å². The van der Waals surface area contributed by atoms with Crippen LogP contribution in [0.1, 0.15) is 37.4 Å². The van der Waals surface area contributed by atoms with Crippen molar-refractivity contribution >= 4 is 6.09 Å². The minimum absolute atomic E-state index is 0.185. The predicted molar refractivity (Wildman–Crippen MR) is 63.8 cm³/mol.